The molecule has 0 radical (unpaired) electrons. The van der Waals surface area contributed by atoms with Crippen LogP contribution in [0.25, 0.3) is 0 Å². The fraction of sp³-hybridized carbons (Fsp3) is 0.400. The molecular weight excluding hydrogens is 127 g/mol. The summed E-state index contributed by atoms with van der Waals surface area (Å²) in [6, 6.07) is 0. The molecule has 0 aromatic heterocycles. The van der Waals surface area contributed by atoms with E-state index in [1.165, 1.54) is 0 Å². The van der Waals surface area contributed by atoms with E-state index in [1.807, 2.05) is 0 Å². The van der Waals surface area contributed by atoms with Gasteiger partial charge in [-0.2, -0.15) is 0 Å². The van der Waals surface area contributed by atoms with Crippen molar-refractivity contribution in [3.05, 3.63) is 12.0 Å². The van der Waals surface area contributed by atoms with Crippen molar-refractivity contribution in [1.82, 2.24) is 0 Å². The van der Waals surface area contributed by atoms with Crippen molar-refractivity contribution in [2.75, 3.05) is 6.67 Å². The Morgan fingerprint density at radius 2 is 2.67 bits per heavy atom. The summed E-state index contributed by atoms with van der Waals surface area (Å²) in [7, 11) is 0. The van der Waals surface area contributed by atoms with E-state index < -0.39 is 13.0 Å². The number of carbonyl (C=O) groups excluding carboxylic acids is 1. The van der Waals surface area contributed by atoms with Crippen LogP contribution in [0.5, 0.6) is 0 Å². The van der Waals surface area contributed by atoms with Gasteiger partial charge >= 0.3 is 0 Å². The number of halogens is 1. The Morgan fingerprint density at radius 1 is 1.89 bits per heavy atom. The number of rotatable bonds is 2. The summed E-state index contributed by atoms with van der Waals surface area (Å²) >= 11 is 0. The smallest absolute Gasteiger partial charge is 0.296 e. The molecule has 0 aliphatic carbocycles. The number of hydrogen-bond acceptors (Lipinski definition) is 3. The van der Waals surface area contributed by atoms with E-state index in [2.05, 4.69) is 9.47 Å². The Labute approximate surface area is 51.1 Å². The van der Waals surface area contributed by atoms with Crippen LogP contribution in [0.15, 0.2) is 12.0 Å². The van der Waals surface area contributed by atoms with Crippen LogP contribution in [0.4, 0.5) is 4.39 Å². The van der Waals surface area contributed by atoms with Crippen LogP contribution < -0.4 is 0 Å². The van der Waals surface area contributed by atoms with Crippen LogP contribution in [0.3, 0.4) is 0 Å². The zero-order valence-electron chi connectivity index (χ0n) is 4.54. The molecule has 1 atom stereocenters. The number of alkyl halides is 1. The minimum absolute atomic E-state index is 0.0621. The van der Waals surface area contributed by atoms with E-state index in [0.717, 1.165) is 6.26 Å². The summed E-state index contributed by atoms with van der Waals surface area (Å²) in [5.74, 6) is 0.0621. The van der Waals surface area contributed by atoms with Crippen molar-refractivity contribution >= 4 is 6.29 Å². The summed E-state index contributed by atoms with van der Waals surface area (Å²) in [6.45, 7) is -0.732. The molecule has 50 valence electrons. The SMILES string of the molecule is O=CC1OC=C(CF)O1. The van der Waals surface area contributed by atoms with Gasteiger partial charge in [0.05, 0.1) is 0 Å². The quantitative estimate of drug-likeness (QED) is 0.509. The highest BCUT2D eigenvalue weighted by Crippen LogP contribution is 2.11. The van der Waals surface area contributed by atoms with Crippen LogP contribution in [0.1, 0.15) is 0 Å². The molecule has 0 amide bonds. The summed E-state index contributed by atoms with van der Waals surface area (Å²) < 4.78 is 20.7. The molecule has 1 aliphatic rings. The zero-order valence-corrected chi connectivity index (χ0v) is 4.54. The van der Waals surface area contributed by atoms with Gasteiger partial charge in [-0.3, -0.25) is 4.79 Å². The Kier molecular flexibility index (Phi) is 1.67. The van der Waals surface area contributed by atoms with E-state index in [0.29, 0.717) is 6.29 Å². The molecular formula is C5H5FO3. The molecule has 0 aromatic rings. The van der Waals surface area contributed by atoms with Gasteiger partial charge in [0.15, 0.2) is 5.76 Å². The third-order valence-electron chi connectivity index (χ3n) is 0.844. The van der Waals surface area contributed by atoms with Crippen molar-refractivity contribution < 1.29 is 18.7 Å². The van der Waals surface area contributed by atoms with Crippen molar-refractivity contribution in [2.45, 2.75) is 6.29 Å². The predicted molar refractivity (Wildman–Crippen MR) is 26.1 cm³/mol. The normalized spacial score (nSPS) is 24.1. The summed E-state index contributed by atoms with van der Waals surface area (Å²) in [4.78, 5) is 9.86. The lowest BCUT2D eigenvalue weighted by Crippen LogP contribution is -2.09. The van der Waals surface area contributed by atoms with Gasteiger partial charge in [-0.1, -0.05) is 0 Å². The maximum atomic E-state index is 11.6. The number of allylic oxidation sites excluding steroid dienone is 1. The first-order valence-corrected chi connectivity index (χ1v) is 2.39. The van der Waals surface area contributed by atoms with E-state index >= 15 is 0 Å². The van der Waals surface area contributed by atoms with Gasteiger partial charge in [0.25, 0.3) is 6.29 Å². The number of carbonyl (C=O) groups is 1. The third kappa shape index (κ3) is 1.19. The van der Waals surface area contributed by atoms with Gasteiger partial charge in [-0.25, -0.2) is 4.39 Å². The molecule has 1 aliphatic heterocycles. The number of ether oxygens (including phenoxy) is 2. The third-order valence-corrected chi connectivity index (χ3v) is 0.844. The molecule has 9 heavy (non-hydrogen) atoms. The molecule has 0 bridgehead atoms. The maximum Gasteiger partial charge on any atom is 0.296 e. The fourth-order valence-corrected chi connectivity index (χ4v) is 0.471. The zero-order chi connectivity index (χ0) is 6.69. The lowest BCUT2D eigenvalue weighted by Gasteiger charge is -2.00. The molecule has 0 saturated carbocycles. The monoisotopic (exact) mass is 132 g/mol. The highest BCUT2D eigenvalue weighted by Gasteiger charge is 2.17. The van der Waals surface area contributed by atoms with E-state index in [1.54, 1.807) is 0 Å². The second kappa shape index (κ2) is 2.48. The van der Waals surface area contributed by atoms with Gasteiger partial charge in [0, 0.05) is 0 Å². The van der Waals surface area contributed by atoms with Gasteiger partial charge in [-0.15, -0.1) is 0 Å². The molecule has 1 heterocycles. The van der Waals surface area contributed by atoms with Crippen LogP contribution >= 0.6 is 0 Å². The summed E-state index contributed by atoms with van der Waals surface area (Å²) in [5.41, 5.74) is 0. The summed E-state index contributed by atoms with van der Waals surface area (Å²) in [6.07, 6.45) is 0.619. The first-order valence-electron chi connectivity index (χ1n) is 2.39. The second-order valence-electron chi connectivity index (χ2n) is 1.48. The standard InChI is InChI=1S/C5H5FO3/c6-1-4-3-8-5(2-7)9-4/h2-3,5H,1H2. The van der Waals surface area contributed by atoms with Crippen LogP contribution in [0.2, 0.25) is 0 Å². The van der Waals surface area contributed by atoms with Crippen molar-refractivity contribution in [2.24, 2.45) is 0 Å². The molecule has 3 nitrogen and oxygen atoms in total. The predicted octanol–water partition coefficient (Wildman–Crippen LogP) is 0.369. The Hall–Kier alpha value is -1.06. The van der Waals surface area contributed by atoms with Crippen molar-refractivity contribution in [1.29, 1.82) is 0 Å². The molecule has 1 unspecified atom stereocenters. The molecule has 0 N–H and O–H groups in total. The largest absolute Gasteiger partial charge is 0.452 e. The first kappa shape index (κ1) is 6.07. The second-order valence-corrected chi connectivity index (χ2v) is 1.48. The van der Waals surface area contributed by atoms with Gasteiger partial charge in [-0.05, 0) is 0 Å². The van der Waals surface area contributed by atoms with Crippen LogP contribution in [0, 0.1) is 0 Å². The van der Waals surface area contributed by atoms with Crippen molar-refractivity contribution in [3.63, 3.8) is 0 Å². The number of aldehydes is 1. The average molecular weight is 132 g/mol. The Morgan fingerprint density at radius 3 is 3.00 bits per heavy atom. The van der Waals surface area contributed by atoms with E-state index in [4.69, 9.17) is 0 Å². The molecule has 4 heteroatoms. The van der Waals surface area contributed by atoms with Crippen LogP contribution in [-0.2, 0) is 14.3 Å². The lowest BCUT2D eigenvalue weighted by atomic mass is 10.6. The highest BCUT2D eigenvalue weighted by molar-refractivity contribution is 5.54. The van der Waals surface area contributed by atoms with Gasteiger partial charge in [0.2, 0.25) is 6.29 Å². The Balaban J connectivity index is 2.39. The molecule has 0 aromatic carbocycles. The van der Waals surface area contributed by atoms with E-state index in [-0.39, 0.29) is 5.76 Å². The minimum atomic E-state index is -0.934. The first-order chi connectivity index (χ1) is 4.36. The number of hydrogen-bond donors (Lipinski definition) is 0. The average Bonchev–Trinajstić information content (AvgIpc) is 2.34. The molecule has 0 spiro atoms. The van der Waals surface area contributed by atoms with E-state index in [9.17, 15) is 9.18 Å². The van der Waals surface area contributed by atoms with Gasteiger partial charge in [0.1, 0.15) is 12.9 Å². The molecule has 0 fully saturated rings. The minimum Gasteiger partial charge on any atom is -0.452 e. The molecule has 0 saturated heterocycles. The molecule has 1 rings (SSSR count). The van der Waals surface area contributed by atoms with Gasteiger partial charge < -0.3 is 9.47 Å². The van der Waals surface area contributed by atoms with Crippen molar-refractivity contribution in [3.8, 4) is 0 Å². The maximum absolute atomic E-state index is 11.6. The highest BCUT2D eigenvalue weighted by atomic mass is 19.1. The lowest BCUT2D eigenvalue weighted by molar-refractivity contribution is -0.129. The van der Waals surface area contributed by atoms with Crippen LogP contribution in [-0.4, -0.2) is 19.3 Å². The topological polar surface area (TPSA) is 35.5 Å². The Bertz CT molecular complexity index is 143. The summed E-state index contributed by atoms with van der Waals surface area (Å²) in [5, 5.41) is 0. The fourth-order valence-electron chi connectivity index (χ4n) is 0.471.